The third-order valence-corrected chi connectivity index (χ3v) is 5.71. The van der Waals surface area contributed by atoms with Gasteiger partial charge in [0.25, 0.3) is 0 Å². The summed E-state index contributed by atoms with van der Waals surface area (Å²) < 4.78 is 1.86. The van der Waals surface area contributed by atoms with E-state index in [1.165, 1.54) is 23.4 Å². The molecule has 1 aliphatic carbocycles. The summed E-state index contributed by atoms with van der Waals surface area (Å²) >= 11 is 3.41. The molecule has 0 spiro atoms. The Balaban J connectivity index is 1.85. The maximum absolute atomic E-state index is 5.82. The van der Waals surface area contributed by atoms with Crippen molar-refractivity contribution < 1.29 is 0 Å². The first-order chi connectivity index (χ1) is 10.4. The normalized spacial score (nSPS) is 14.3. The Morgan fingerprint density at radius 3 is 2.95 bits per heavy atom. The van der Waals surface area contributed by atoms with Gasteiger partial charge in [-0.3, -0.25) is 0 Å². The number of nitrogens with zero attached hydrogens (tertiary/aromatic N) is 4. The molecule has 0 aromatic carbocycles. The second kappa shape index (κ2) is 5.32. The van der Waals surface area contributed by atoms with E-state index in [1.54, 1.807) is 22.7 Å². The zero-order valence-corrected chi connectivity index (χ0v) is 13.1. The van der Waals surface area contributed by atoms with Gasteiger partial charge in [0.05, 0.1) is 10.6 Å². The highest BCUT2D eigenvalue weighted by Gasteiger charge is 2.21. The van der Waals surface area contributed by atoms with E-state index in [4.69, 9.17) is 10.7 Å². The van der Waals surface area contributed by atoms with Crippen molar-refractivity contribution in [3.8, 4) is 15.7 Å². The number of thiazole rings is 1. The molecule has 0 fully saturated rings. The van der Waals surface area contributed by atoms with Crippen LogP contribution in [0, 0.1) is 0 Å². The number of hydrogen-bond donors (Lipinski definition) is 1. The lowest BCUT2D eigenvalue weighted by Gasteiger charge is -2.06. The van der Waals surface area contributed by atoms with Crippen molar-refractivity contribution in [3.05, 3.63) is 33.8 Å². The molecule has 5 nitrogen and oxygen atoms in total. The standard InChI is InChI=1S/C14H15N5S2/c15-8-10-13(12-6-3-7-20-12)19(18-17-10)14-16-9-4-1-2-5-11(9)21-14/h3,6-7H,1-2,4-5,8,15H2. The van der Waals surface area contributed by atoms with Crippen molar-refractivity contribution in [2.75, 3.05) is 0 Å². The lowest BCUT2D eigenvalue weighted by Crippen LogP contribution is -2.02. The summed E-state index contributed by atoms with van der Waals surface area (Å²) in [5, 5.41) is 11.5. The van der Waals surface area contributed by atoms with Gasteiger partial charge < -0.3 is 5.73 Å². The third-order valence-electron chi connectivity index (χ3n) is 3.70. The summed E-state index contributed by atoms with van der Waals surface area (Å²) in [5.41, 5.74) is 8.87. The first-order valence-corrected chi connectivity index (χ1v) is 8.74. The largest absolute Gasteiger partial charge is 0.325 e. The van der Waals surface area contributed by atoms with Crippen LogP contribution in [0.1, 0.15) is 29.1 Å². The highest BCUT2D eigenvalue weighted by molar-refractivity contribution is 7.14. The Morgan fingerprint density at radius 1 is 1.29 bits per heavy atom. The lowest BCUT2D eigenvalue weighted by atomic mass is 10.0. The van der Waals surface area contributed by atoms with E-state index in [1.807, 2.05) is 10.7 Å². The van der Waals surface area contributed by atoms with Gasteiger partial charge in [0.15, 0.2) is 0 Å². The Morgan fingerprint density at radius 2 is 2.19 bits per heavy atom. The van der Waals surface area contributed by atoms with E-state index >= 15 is 0 Å². The summed E-state index contributed by atoms with van der Waals surface area (Å²) in [5.74, 6) is 0. The summed E-state index contributed by atoms with van der Waals surface area (Å²) in [7, 11) is 0. The van der Waals surface area contributed by atoms with Crippen LogP contribution in [0.25, 0.3) is 15.7 Å². The molecule has 2 N–H and O–H groups in total. The molecule has 0 bridgehead atoms. The van der Waals surface area contributed by atoms with E-state index in [-0.39, 0.29) is 0 Å². The third kappa shape index (κ3) is 2.21. The molecule has 0 saturated heterocycles. The predicted molar refractivity (Wildman–Crippen MR) is 84.9 cm³/mol. The Bertz CT molecular complexity index is 733. The maximum Gasteiger partial charge on any atom is 0.212 e. The summed E-state index contributed by atoms with van der Waals surface area (Å²) in [4.78, 5) is 7.32. The highest BCUT2D eigenvalue weighted by atomic mass is 32.1. The Hall–Kier alpha value is -1.57. The number of nitrogens with two attached hydrogens (primary N) is 1. The van der Waals surface area contributed by atoms with Gasteiger partial charge >= 0.3 is 0 Å². The summed E-state index contributed by atoms with van der Waals surface area (Å²) in [6.07, 6.45) is 4.72. The predicted octanol–water partition coefficient (Wildman–Crippen LogP) is 2.79. The molecule has 4 rings (SSSR count). The maximum atomic E-state index is 5.82. The number of fused-ring (bicyclic) bond motifs is 1. The van der Waals surface area contributed by atoms with E-state index in [9.17, 15) is 0 Å². The molecule has 0 saturated carbocycles. The van der Waals surface area contributed by atoms with Crippen LogP contribution in [0.4, 0.5) is 0 Å². The minimum atomic E-state index is 0.387. The van der Waals surface area contributed by atoms with Crippen LogP contribution < -0.4 is 5.73 Å². The number of thiophene rings is 1. The lowest BCUT2D eigenvalue weighted by molar-refractivity contribution is 0.679. The number of aromatic nitrogens is 4. The van der Waals surface area contributed by atoms with Gasteiger partial charge in [-0.05, 0) is 37.1 Å². The van der Waals surface area contributed by atoms with E-state index in [0.717, 1.165) is 34.2 Å². The average molecular weight is 317 g/mol. The molecule has 1 aliphatic rings. The zero-order chi connectivity index (χ0) is 14.2. The fourth-order valence-corrected chi connectivity index (χ4v) is 4.55. The Labute approximate surface area is 130 Å². The second-order valence-corrected chi connectivity index (χ2v) is 7.06. The average Bonchev–Trinajstić information content (AvgIpc) is 3.23. The van der Waals surface area contributed by atoms with Crippen molar-refractivity contribution in [2.45, 2.75) is 32.2 Å². The molecule has 3 aromatic rings. The van der Waals surface area contributed by atoms with Crippen LogP contribution in [-0.2, 0) is 19.4 Å². The van der Waals surface area contributed by atoms with Crippen molar-refractivity contribution in [3.63, 3.8) is 0 Å². The molecule has 108 valence electrons. The quantitative estimate of drug-likeness (QED) is 0.806. The monoisotopic (exact) mass is 317 g/mol. The van der Waals surface area contributed by atoms with Gasteiger partial charge in [0.1, 0.15) is 11.4 Å². The first kappa shape index (κ1) is 13.1. The topological polar surface area (TPSA) is 69.6 Å². The molecule has 7 heteroatoms. The number of hydrogen-bond acceptors (Lipinski definition) is 6. The minimum absolute atomic E-state index is 0.387. The van der Waals surface area contributed by atoms with Gasteiger partial charge in [-0.1, -0.05) is 22.6 Å². The van der Waals surface area contributed by atoms with Crippen LogP contribution >= 0.6 is 22.7 Å². The SMILES string of the molecule is NCc1nnn(-c2nc3c(s2)CCCC3)c1-c1cccs1. The molecule has 21 heavy (non-hydrogen) atoms. The molecule has 0 atom stereocenters. The van der Waals surface area contributed by atoms with Crippen LogP contribution in [0.5, 0.6) is 0 Å². The summed E-state index contributed by atoms with van der Waals surface area (Å²) in [6.45, 7) is 0.387. The molecule has 0 aliphatic heterocycles. The molecular weight excluding hydrogens is 302 g/mol. The van der Waals surface area contributed by atoms with Crippen LogP contribution in [-0.4, -0.2) is 20.0 Å². The highest BCUT2D eigenvalue weighted by Crippen LogP contribution is 2.33. The van der Waals surface area contributed by atoms with Crippen molar-refractivity contribution >= 4 is 22.7 Å². The van der Waals surface area contributed by atoms with Gasteiger partial charge in [-0.2, -0.15) is 4.68 Å². The van der Waals surface area contributed by atoms with E-state index in [2.05, 4.69) is 21.8 Å². The van der Waals surface area contributed by atoms with E-state index in [0.29, 0.717) is 6.54 Å². The van der Waals surface area contributed by atoms with Crippen molar-refractivity contribution in [2.24, 2.45) is 5.73 Å². The van der Waals surface area contributed by atoms with Gasteiger partial charge in [-0.15, -0.1) is 16.4 Å². The van der Waals surface area contributed by atoms with Crippen LogP contribution in [0.2, 0.25) is 0 Å². The van der Waals surface area contributed by atoms with Gasteiger partial charge in [0.2, 0.25) is 5.13 Å². The van der Waals surface area contributed by atoms with Gasteiger partial charge in [-0.25, -0.2) is 4.98 Å². The molecule has 3 aromatic heterocycles. The van der Waals surface area contributed by atoms with Gasteiger partial charge in [0, 0.05) is 11.4 Å². The number of rotatable bonds is 3. The second-order valence-electron chi connectivity index (χ2n) is 5.05. The smallest absolute Gasteiger partial charge is 0.212 e. The van der Waals surface area contributed by atoms with Crippen LogP contribution in [0.15, 0.2) is 17.5 Å². The fourth-order valence-electron chi connectivity index (χ4n) is 2.67. The molecule has 0 amide bonds. The first-order valence-electron chi connectivity index (χ1n) is 7.04. The molecule has 3 heterocycles. The zero-order valence-electron chi connectivity index (χ0n) is 11.5. The number of aryl methyl sites for hydroxylation is 2. The molecular formula is C14H15N5S2. The summed E-state index contributed by atoms with van der Waals surface area (Å²) in [6, 6.07) is 4.11. The molecule has 0 unspecified atom stereocenters. The van der Waals surface area contributed by atoms with Crippen molar-refractivity contribution in [1.29, 1.82) is 0 Å². The minimum Gasteiger partial charge on any atom is -0.325 e. The van der Waals surface area contributed by atoms with Crippen molar-refractivity contribution in [1.82, 2.24) is 20.0 Å². The molecule has 0 radical (unpaired) electrons. The fraction of sp³-hybridized carbons (Fsp3) is 0.357. The Kier molecular flexibility index (Phi) is 3.33. The van der Waals surface area contributed by atoms with E-state index < -0.39 is 0 Å². The van der Waals surface area contributed by atoms with Crippen LogP contribution in [0.3, 0.4) is 0 Å².